The molecule has 5 rings (SSSR count). The van der Waals surface area contributed by atoms with Gasteiger partial charge in [-0.2, -0.15) is 4.31 Å². The number of aromatic amines is 1. The first kappa shape index (κ1) is 22.6. The van der Waals surface area contributed by atoms with E-state index >= 15 is 0 Å². The molecule has 0 bridgehead atoms. The van der Waals surface area contributed by atoms with Crippen LogP contribution in [0.2, 0.25) is 0 Å². The standard InChI is InChI=1S/C24H24N4O4S2/c1-32-17-8-10-18(11-9-17)34(30,31)28-12-4-5-16(14-28)23(29)27-24-26-22(15-33-24)20-13-25-21-7-3-2-6-19(20)21/h2-3,6-11,13,15-16,25H,4-5,12,14H2,1H3,(H,26,27,29). The molecule has 1 amide bonds. The largest absolute Gasteiger partial charge is 0.497 e. The number of amides is 1. The molecule has 0 spiro atoms. The van der Waals surface area contributed by atoms with E-state index in [-0.39, 0.29) is 17.3 Å². The van der Waals surface area contributed by atoms with Gasteiger partial charge >= 0.3 is 0 Å². The van der Waals surface area contributed by atoms with Crippen molar-refractivity contribution in [1.29, 1.82) is 0 Å². The molecule has 1 atom stereocenters. The fourth-order valence-electron chi connectivity index (χ4n) is 4.22. The topological polar surface area (TPSA) is 104 Å². The van der Waals surface area contributed by atoms with E-state index in [1.54, 1.807) is 12.1 Å². The van der Waals surface area contributed by atoms with Crippen LogP contribution in [-0.2, 0) is 14.8 Å². The molecule has 3 heterocycles. The number of methoxy groups -OCH3 is 1. The second-order valence-electron chi connectivity index (χ2n) is 8.15. The highest BCUT2D eigenvalue weighted by Gasteiger charge is 2.33. The minimum atomic E-state index is -3.69. The monoisotopic (exact) mass is 496 g/mol. The van der Waals surface area contributed by atoms with Crippen molar-refractivity contribution in [3.63, 3.8) is 0 Å². The zero-order valence-corrected chi connectivity index (χ0v) is 20.2. The van der Waals surface area contributed by atoms with Gasteiger partial charge in [-0.3, -0.25) is 4.79 Å². The van der Waals surface area contributed by atoms with Crippen molar-refractivity contribution in [3.05, 3.63) is 60.1 Å². The Bertz CT molecular complexity index is 1430. The number of hydrogen-bond donors (Lipinski definition) is 2. The average molecular weight is 497 g/mol. The summed E-state index contributed by atoms with van der Waals surface area (Å²) in [5, 5.41) is 6.37. The number of ether oxygens (including phenoxy) is 1. The lowest BCUT2D eigenvalue weighted by atomic mass is 9.99. The van der Waals surface area contributed by atoms with Gasteiger partial charge in [-0.25, -0.2) is 13.4 Å². The van der Waals surface area contributed by atoms with E-state index < -0.39 is 15.9 Å². The van der Waals surface area contributed by atoms with Crippen LogP contribution < -0.4 is 10.1 Å². The fraction of sp³-hybridized carbons (Fsp3) is 0.250. The molecular formula is C24H24N4O4S2. The smallest absolute Gasteiger partial charge is 0.243 e. The van der Waals surface area contributed by atoms with Gasteiger partial charge in [-0.15, -0.1) is 11.3 Å². The van der Waals surface area contributed by atoms with Crippen LogP contribution in [0.1, 0.15) is 12.8 Å². The molecule has 2 aromatic heterocycles. The number of sulfonamides is 1. The Hall–Kier alpha value is -3.21. The summed E-state index contributed by atoms with van der Waals surface area (Å²) in [6.45, 7) is 0.529. The van der Waals surface area contributed by atoms with Crippen LogP contribution in [-0.4, -0.2) is 48.8 Å². The summed E-state index contributed by atoms with van der Waals surface area (Å²) in [5.74, 6) is -0.0676. The lowest BCUT2D eigenvalue weighted by Crippen LogP contribution is -2.43. The molecule has 10 heteroatoms. The molecule has 8 nitrogen and oxygen atoms in total. The molecule has 2 N–H and O–H groups in total. The minimum Gasteiger partial charge on any atom is -0.497 e. The fourth-order valence-corrected chi connectivity index (χ4v) is 6.45. The highest BCUT2D eigenvalue weighted by atomic mass is 32.2. The maximum Gasteiger partial charge on any atom is 0.243 e. The van der Waals surface area contributed by atoms with Crippen LogP contribution in [0.3, 0.4) is 0 Å². The number of rotatable bonds is 6. The zero-order valence-electron chi connectivity index (χ0n) is 18.5. The molecular weight excluding hydrogens is 472 g/mol. The Morgan fingerprint density at radius 1 is 1.21 bits per heavy atom. The van der Waals surface area contributed by atoms with Crippen molar-refractivity contribution in [2.75, 3.05) is 25.5 Å². The van der Waals surface area contributed by atoms with Gasteiger partial charge in [0.2, 0.25) is 15.9 Å². The summed E-state index contributed by atoms with van der Waals surface area (Å²) in [7, 11) is -2.16. The van der Waals surface area contributed by atoms with E-state index in [0.717, 1.165) is 22.2 Å². The Kier molecular flexibility index (Phi) is 6.11. The Balaban J connectivity index is 1.28. The van der Waals surface area contributed by atoms with Gasteiger partial charge in [-0.05, 0) is 43.2 Å². The molecule has 1 saturated heterocycles. The van der Waals surface area contributed by atoms with Gasteiger partial charge in [0.1, 0.15) is 5.75 Å². The lowest BCUT2D eigenvalue weighted by Gasteiger charge is -2.31. The first-order valence-corrected chi connectivity index (χ1v) is 13.2. The van der Waals surface area contributed by atoms with Gasteiger partial charge < -0.3 is 15.0 Å². The van der Waals surface area contributed by atoms with E-state index in [4.69, 9.17) is 4.74 Å². The Labute approximate surface area is 201 Å². The van der Waals surface area contributed by atoms with Crippen molar-refractivity contribution in [3.8, 4) is 17.0 Å². The summed E-state index contributed by atoms with van der Waals surface area (Å²) in [5.41, 5.74) is 2.78. The number of thiazole rings is 1. The van der Waals surface area contributed by atoms with Crippen molar-refractivity contribution in [1.82, 2.24) is 14.3 Å². The van der Waals surface area contributed by atoms with Gasteiger partial charge in [0.15, 0.2) is 5.13 Å². The number of para-hydroxylation sites is 1. The van der Waals surface area contributed by atoms with E-state index in [1.807, 2.05) is 35.8 Å². The number of nitrogens with one attached hydrogen (secondary N) is 2. The van der Waals surface area contributed by atoms with E-state index in [0.29, 0.717) is 30.3 Å². The molecule has 1 fully saturated rings. The number of hydrogen-bond acceptors (Lipinski definition) is 6. The maximum absolute atomic E-state index is 13.1. The molecule has 1 aliphatic rings. The number of nitrogens with zero attached hydrogens (tertiary/aromatic N) is 2. The third-order valence-electron chi connectivity index (χ3n) is 6.05. The predicted molar refractivity (Wildman–Crippen MR) is 133 cm³/mol. The predicted octanol–water partition coefficient (Wildman–Crippen LogP) is 4.34. The number of piperidine rings is 1. The average Bonchev–Trinajstić information content (AvgIpc) is 3.51. The normalized spacial score (nSPS) is 17.0. The highest BCUT2D eigenvalue weighted by molar-refractivity contribution is 7.89. The van der Waals surface area contributed by atoms with Crippen LogP contribution in [0, 0.1) is 5.92 Å². The summed E-state index contributed by atoms with van der Waals surface area (Å²) in [6.07, 6.45) is 3.15. The number of aromatic nitrogens is 2. The summed E-state index contributed by atoms with van der Waals surface area (Å²) in [6, 6.07) is 14.3. The maximum atomic E-state index is 13.1. The number of carbonyl (C=O) groups is 1. The molecule has 34 heavy (non-hydrogen) atoms. The van der Waals surface area contributed by atoms with Crippen molar-refractivity contribution < 1.29 is 17.9 Å². The van der Waals surface area contributed by atoms with Gasteiger partial charge in [0.05, 0.1) is 23.6 Å². The second kappa shape index (κ2) is 9.21. The molecule has 1 unspecified atom stereocenters. The van der Waals surface area contributed by atoms with E-state index in [1.165, 1.54) is 34.9 Å². The van der Waals surface area contributed by atoms with E-state index in [2.05, 4.69) is 15.3 Å². The Morgan fingerprint density at radius 2 is 2.00 bits per heavy atom. The number of benzene rings is 2. The molecule has 1 aliphatic heterocycles. The van der Waals surface area contributed by atoms with Crippen molar-refractivity contribution in [2.24, 2.45) is 5.92 Å². The number of anilines is 1. The lowest BCUT2D eigenvalue weighted by molar-refractivity contribution is -0.120. The minimum absolute atomic E-state index is 0.140. The van der Waals surface area contributed by atoms with Crippen LogP contribution in [0.15, 0.2) is 65.0 Å². The second-order valence-corrected chi connectivity index (χ2v) is 10.9. The molecule has 176 valence electrons. The third-order valence-corrected chi connectivity index (χ3v) is 8.69. The van der Waals surface area contributed by atoms with Gasteiger partial charge in [0.25, 0.3) is 0 Å². The first-order valence-electron chi connectivity index (χ1n) is 10.9. The van der Waals surface area contributed by atoms with Crippen LogP contribution >= 0.6 is 11.3 Å². The quantitative estimate of drug-likeness (QED) is 0.413. The number of H-pyrrole nitrogens is 1. The van der Waals surface area contributed by atoms with Crippen LogP contribution in [0.4, 0.5) is 5.13 Å². The molecule has 0 saturated carbocycles. The van der Waals surface area contributed by atoms with Crippen LogP contribution in [0.25, 0.3) is 22.2 Å². The van der Waals surface area contributed by atoms with Crippen molar-refractivity contribution in [2.45, 2.75) is 17.7 Å². The third kappa shape index (κ3) is 4.31. The number of fused-ring (bicyclic) bond motifs is 1. The molecule has 0 aliphatic carbocycles. The van der Waals surface area contributed by atoms with Crippen LogP contribution in [0.5, 0.6) is 5.75 Å². The number of carbonyl (C=O) groups excluding carboxylic acids is 1. The van der Waals surface area contributed by atoms with Gasteiger partial charge in [-0.1, -0.05) is 18.2 Å². The summed E-state index contributed by atoms with van der Waals surface area (Å²) >= 11 is 1.35. The van der Waals surface area contributed by atoms with E-state index in [9.17, 15) is 13.2 Å². The molecule has 0 radical (unpaired) electrons. The summed E-state index contributed by atoms with van der Waals surface area (Å²) in [4.78, 5) is 21.0. The summed E-state index contributed by atoms with van der Waals surface area (Å²) < 4.78 is 32.7. The first-order chi connectivity index (χ1) is 16.5. The Morgan fingerprint density at radius 3 is 2.79 bits per heavy atom. The molecule has 4 aromatic rings. The SMILES string of the molecule is COc1ccc(S(=O)(=O)N2CCCC(C(=O)Nc3nc(-c4c[nH]c5ccccc45)cs3)C2)cc1. The van der Waals surface area contributed by atoms with Gasteiger partial charge in [0, 0.05) is 41.1 Å². The zero-order chi connectivity index (χ0) is 23.7. The highest BCUT2D eigenvalue weighted by Crippen LogP contribution is 2.32. The molecule has 2 aromatic carbocycles. The van der Waals surface area contributed by atoms with Crippen molar-refractivity contribution >= 4 is 43.3 Å².